The maximum absolute atomic E-state index is 13.0. The van der Waals surface area contributed by atoms with E-state index in [1.165, 1.54) is 5.56 Å². The minimum Gasteiger partial charge on any atom is -0.409 e. The van der Waals surface area contributed by atoms with Crippen molar-refractivity contribution in [3.8, 4) is 0 Å². The highest BCUT2D eigenvalue weighted by Gasteiger charge is 2.57. The molecule has 116 valence electrons. The van der Waals surface area contributed by atoms with Crippen LogP contribution in [0.15, 0.2) is 11.4 Å². The summed E-state index contributed by atoms with van der Waals surface area (Å²) in [7, 11) is -1.88. The van der Waals surface area contributed by atoms with Gasteiger partial charge < -0.3 is 4.43 Å². The van der Waals surface area contributed by atoms with Crippen LogP contribution in [-0.2, 0) is 4.43 Å². The zero-order chi connectivity index (χ0) is 15.5. The fourth-order valence-electron chi connectivity index (χ4n) is 3.50. The molecule has 1 aromatic rings. The average molecular weight is 323 g/mol. The van der Waals surface area contributed by atoms with E-state index in [1.807, 2.05) is 5.38 Å². The van der Waals surface area contributed by atoms with Gasteiger partial charge in [0.15, 0.2) is 14.1 Å². The van der Waals surface area contributed by atoms with Crippen LogP contribution in [0.4, 0.5) is 0 Å². The normalized spacial score (nSPS) is 24.8. The van der Waals surface area contributed by atoms with Crippen molar-refractivity contribution in [3.05, 3.63) is 21.9 Å². The summed E-state index contributed by atoms with van der Waals surface area (Å²) in [6.45, 7) is 11.4. The van der Waals surface area contributed by atoms with Crippen LogP contribution >= 0.6 is 11.3 Å². The van der Waals surface area contributed by atoms with E-state index in [0.29, 0.717) is 5.78 Å². The third-order valence-corrected chi connectivity index (χ3v) is 11.2. The maximum atomic E-state index is 13.0. The zero-order valence-corrected chi connectivity index (χ0v) is 15.6. The maximum Gasteiger partial charge on any atom is 0.192 e. The summed E-state index contributed by atoms with van der Waals surface area (Å²) >= 11 is 1.60. The molecule has 1 saturated carbocycles. The van der Waals surface area contributed by atoms with Crippen molar-refractivity contribution in [2.75, 3.05) is 0 Å². The van der Waals surface area contributed by atoms with Crippen molar-refractivity contribution < 1.29 is 9.22 Å². The topological polar surface area (TPSA) is 26.3 Å². The summed E-state index contributed by atoms with van der Waals surface area (Å²) in [5.41, 5.74) is 0.939. The van der Waals surface area contributed by atoms with Crippen LogP contribution in [0.2, 0.25) is 18.1 Å². The molecule has 2 aliphatic carbocycles. The van der Waals surface area contributed by atoms with Gasteiger partial charge in [-0.3, -0.25) is 4.79 Å². The molecule has 1 atom stereocenters. The first-order chi connectivity index (χ1) is 9.69. The van der Waals surface area contributed by atoms with Crippen molar-refractivity contribution in [2.45, 2.75) is 70.7 Å². The van der Waals surface area contributed by atoms with Crippen molar-refractivity contribution >= 4 is 25.4 Å². The van der Waals surface area contributed by atoms with Crippen LogP contribution in [0.25, 0.3) is 0 Å². The fraction of sp³-hybridized carbons (Fsp3) is 0.706. The fourth-order valence-corrected chi connectivity index (χ4v) is 5.76. The van der Waals surface area contributed by atoms with Gasteiger partial charge in [-0.05, 0) is 42.4 Å². The molecule has 3 rings (SSSR count). The number of carbonyl (C=O) groups excluding carboxylic acids is 1. The first-order valence-electron chi connectivity index (χ1n) is 7.99. The van der Waals surface area contributed by atoms with E-state index in [1.54, 1.807) is 11.3 Å². The third-order valence-electron chi connectivity index (χ3n) is 5.85. The monoisotopic (exact) mass is 322 g/mol. The van der Waals surface area contributed by atoms with E-state index < -0.39 is 8.32 Å². The van der Waals surface area contributed by atoms with Crippen LogP contribution in [-0.4, -0.2) is 14.1 Å². The van der Waals surface area contributed by atoms with Gasteiger partial charge in [-0.2, -0.15) is 0 Å². The van der Waals surface area contributed by atoms with E-state index >= 15 is 0 Å². The van der Waals surface area contributed by atoms with Gasteiger partial charge in [0.1, 0.15) is 0 Å². The van der Waals surface area contributed by atoms with Gasteiger partial charge in [-0.25, -0.2) is 0 Å². The van der Waals surface area contributed by atoms with E-state index in [-0.39, 0.29) is 16.6 Å². The van der Waals surface area contributed by atoms with Gasteiger partial charge >= 0.3 is 0 Å². The molecule has 0 radical (unpaired) electrons. The molecule has 21 heavy (non-hydrogen) atoms. The quantitative estimate of drug-likeness (QED) is 0.666. The lowest BCUT2D eigenvalue weighted by atomic mass is 9.80. The second-order valence-corrected chi connectivity index (χ2v) is 13.8. The number of carbonyl (C=O) groups is 1. The summed E-state index contributed by atoms with van der Waals surface area (Å²) in [5.74, 6) is 0.369. The molecular weight excluding hydrogens is 296 g/mol. The molecule has 4 heteroatoms. The molecule has 1 unspecified atom stereocenters. The van der Waals surface area contributed by atoms with Gasteiger partial charge in [0, 0.05) is 5.56 Å². The molecular formula is C17H26O2SSi. The van der Waals surface area contributed by atoms with Crippen LogP contribution in [0.5, 0.6) is 0 Å². The predicted molar refractivity (Wildman–Crippen MR) is 90.6 cm³/mol. The summed E-state index contributed by atoms with van der Waals surface area (Å²) in [6.07, 6.45) is 4.35. The second-order valence-electron chi connectivity index (χ2n) is 8.16. The first-order valence-corrected chi connectivity index (χ1v) is 11.8. The molecule has 1 spiro atoms. The van der Waals surface area contributed by atoms with Crippen molar-refractivity contribution in [1.82, 2.24) is 0 Å². The molecule has 2 nitrogen and oxygen atoms in total. The molecule has 2 aliphatic rings. The molecule has 0 amide bonds. The van der Waals surface area contributed by atoms with Gasteiger partial charge in [0.2, 0.25) is 0 Å². The highest BCUT2D eigenvalue weighted by molar-refractivity contribution is 7.12. The number of thiophene rings is 1. The Balaban J connectivity index is 2.01. The number of Topliss-reactive ketones (excluding diaryl/α,β-unsaturated/α-hetero) is 1. The minimum absolute atomic E-state index is 0.00893. The van der Waals surface area contributed by atoms with Gasteiger partial charge in [-0.15, -0.1) is 11.3 Å². The molecule has 0 N–H and O–H groups in total. The predicted octanol–water partition coefficient (Wildman–Crippen LogP) is 5.57. The Morgan fingerprint density at radius 2 is 1.90 bits per heavy atom. The molecule has 0 aromatic carbocycles. The lowest BCUT2D eigenvalue weighted by Crippen LogP contribution is -2.45. The van der Waals surface area contributed by atoms with Crippen molar-refractivity contribution in [2.24, 2.45) is 5.41 Å². The Bertz CT molecular complexity index is 562. The Morgan fingerprint density at radius 1 is 1.29 bits per heavy atom. The lowest BCUT2D eigenvalue weighted by Gasteiger charge is -2.42. The Morgan fingerprint density at radius 3 is 2.48 bits per heavy atom. The van der Waals surface area contributed by atoms with E-state index in [4.69, 9.17) is 4.43 Å². The first kappa shape index (κ1) is 15.4. The van der Waals surface area contributed by atoms with Crippen molar-refractivity contribution in [3.63, 3.8) is 0 Å². The number of rotatable bonds is 2. The zero-order valence-electron chi connectivity index (χ0n) is 13.8. The number of hydrogen-bond donors (Lipinski definition) is 0. The molecule has 0 saturated heterocycles. The van der Waals surface area contributed by atoms with E-state index in [0.717, 1.165) is 30.6 Å². The van der Waals surface area contributed by atoms with Crippen LogP contribution in [0.3, 0.4) is 0 Å². The average Bonchev–Trinajstić information content (AvgIpc) is 3.06. The number of hydrogen-bond acceptors (Lipinski definition) is 3. The Kier molecular flexibility index (Phi) is 3.51. The van der Waals surface area contributed by atoms with Gasteiger partial charge in [0.05, 0.1) is 16.4 Å². The second kappa shape index (κ2) is 4.77. The van der Waals surface area contributed by atoms with E-state index in [9.17, 15) is 4.79 Å². The summed E-state index contributed by atoms with van der Waals surface area (Å²) in [5, 5.41) is 2.22. The summed E-state index contributed by atoms with van der Waals surface area (Å²) in [6, 6.07) is 2.13. The molecule has 1 aromatic heterocycles. The van der Waals surface area contributed by atoms with Gasteiger partial charge in [-0.1, -0.05) is 33.6 Å². The molecule has 0 aliphatic heterocycles. The highest BCUT2D eigenvalue weighted by atomic mass is 32.1. The number of fused-ring (bicyclic) bond motifs is 1. The van der Waals surface area contributed by atoms with Crippen LogP contribution in [0.1, 0.15) is 67.8 Å². The van der Waals surface area contributed by atoms with Crippen LogP contribution in [0, 0.1) is 5.41 Å². The minimum atomic E-state index is -1.88. The van der Waals surface area contributed by atoms with Crippen LogP contribution < -0.4 is 0 Å². The smallest absolute Gasteiger partial charge is 0.192 e. The molecule has 1 fully saturated rings. The van der Waals surface area contributed by atoms with E-state index in [2.05, 4.69) is 39.9 Å². The molecule has 1 heterocycles. The third kappa shape index (κ3) is 2.18. The lowest BCUT2D eigenvalue weighted by molar-refractivity contribution is 0.0417. The largest absolute Gasteiger partial charge is 0.409 e. The van der Waals surface area contributed by atoms with Gasteiger partial charge in [0.25, 0.3) is 0 Å². The Hall–Kier alpha value is -0.453. The summed E-state index contributed by atoms with van der Waals surface area (Å²) < 4.78 is 6.78. The Labute approximate surface area is 133 Å². The SMILES string of the molecule is CC(C)(C)[Si](C)(C)OC1c2ccsc2C(=O)C12CCCC2. The number of ketones is 1. The molecule has 0 bridgehead atoms. The standard InChI is InChI=1S/C17H26O2SSi/c1-16(2,3)21(4,5)19-15-12-8-11-20-13(12)14(18)17(15)9-6-7-10-17/h8,11,15H,6-7,9-10H2,1-5H3. The highest BCUT2D eigenvalue weighted by Crippen LogP contribution is 2.59. The summed E-state index contributed by atoms with van der Waals surface area (Å²) in [4.78, 5) is 13.9. The van der Waals surface area contributed by atoms with Crippen molar-refractivity contribution in [1.29, 1.82) is 0 Å².